The number of nitrogens with two attached hydrogens (primary N) is 1. The molecule has 0 radical (unpaired) electrons. The Kier molecular flexibility index (Phi) is 17.8. The van der Waals surface area contributed by atoms with E-state index in [9.17, 15) is 19.5 Å². The van der Waals surface area contributed by atoms with Crippen molar-refractivity contribution in [1.82, 2.24) is 16.0 Å². The molecule has 0 spiro atoms. The minimum absolute atomic E-state index is 0.0149. The monoisotopic (exact) mass is 510 g/mol. The van der Waals surface area contributed by atoms with E-state index in [0.29, 0.717) is 12.2 Å². The molecule has 200 valence electrons. The highest BCUT2D eigenvalue weighted by molar-refractivity contribution is 7.99. The Morgan fingerprint density at radius 3 is 2.09 bits per heavy atom. The number of carbonyl (C=O) groups excluding carboxylic acids is 2. The molecule has 1 unspecified atom stereocenters. The Morgan fingerprint density at radius 2 is 1.54 bits per heavy atom. The largest absolute Gasteiger partial charge is 0.480 e. The molecule has 35 heavy (non-hydrogen) atoms. The molecule has 9 heteroatoms. The third kappa shape index (κ3) is 18.7. The summed E-state index contributed by atoms with van der Waals surface area (Å²) in [6.07, 6.45) is 11.1. The number of carboxylic acids is 1. The third-order valence-electron chi connectivity index (χ3n) is 5.15. The number of hydrogen-bond donors (Lipinski definition) is 5. The van der Waals surface area contributed by atoms with Crippen LogP contribution in [0.4, 0.5) is 4.79 Å². The Morgan fingerprint density at radius 1 is 0.943 bits per heavy atom. The zero-order valence-corrected chi connectivity index (χ0v) is 23.1. The number of amides is 3. The molecule has 0 aliphatic rings. The average Bonchev–Trinajstić information content (AvgIpc) is 2.74. The van der Waals surface area contributed by atoms with E-state index in [4.69, 9.17) is 5.73 Å². The van der Waals surface area contributed by atoms with Crippen LogP contribution in [0.3, 0.4) is 0 Å². The highest BCUT2D eigenvalue weighted by atomic mass is 32.2. The van der Waals surface area contributed by atoms with Crippen LogP contribution in [-0.4, -0.2) is 59.2 Å². The van der Waals surface area contributed by atoms with E-state index in [1.165, 1.54) is 28.5 Å². The van der Waals surface area contributed by atoms with E-state index >= 15 is 0 Å². The van der Waals surface area contributed by atoms with Crippen LogP contribution in [0.5, 0.6) is 0 Å². The number of primary amides is 1. The highest BCUT2D eigenvalue weighted by Crippen LogP contribution is 2.13. The van der Waals surface area contributed by atoms with Crippen molar-refractivity contribution < 1.29 is 19.5 Å². The maximum absolute atomic E-state index is 12.7. The summed E-state index contributed by atoms with van der Waals surface area (Å²) in [6, 6.07) is -2.27. The minimum atomic E-state index is -1.07. The fourth-order valence-electron chi connectivity index (χ4n) is 3.21. The predicted molar refractivity (Wildman–Crippen MR) is 147 cm³/mol. The van der Waals surface area contributed by atoms with Gasteiger partial charge >= 0.3 is 12.0 Å². The van der Waals surface area contributed by atoms with E-state index in [0.717, 1.165) is 25.7 Å². The highest BCUT2D eigenvalue weighted by Gasteiger charge is 2.25. The topological polar surface area (TPSA) is 134 Å². The molecule has 2 atom stereocenters. The summed E-state index contributed by atoms with van der Waals surface area (Å²) >= 11 is 1.47. The van der Waals surface area contributed by atoms with Gasteiger partial charge < -0.3 is 26.8 Å². The normalized spacial score (nSPS) is 13.8. The summed E-state index contributed by atoms with van der Waals surface area (Å²) in [6.45, 7) is 12.5. The minimum Gasteiger partial charge on any atom is -0.480 e. The van der Waals surface area contributed by atoms with Crippen LogP contribution in [0.1, 0.15) is 73.6 Å². The second kappa shape index (κ2) is 19.0. The van der Waals surface area contributed by atoms with Gasteiger partial charge in [-0.1, -0.05) is 48.8 Å². The summed E-state index contributed by atoms with van der Waals surface area (Å²) in [4.78, 5) is 35.2. The molecule has 0 rings (SSSR count). The quantitative estimate of drug-likeness (QED) is 0.139. The first-order valence-corrected chi connectivity index (χ1v) is 13.4. The van der Waals surface area contributed by atoms with Crippen LogP contribution in [0.2, 0.25) is 0 Å². The van der Waals surface area contributed by atoms with Crippen molar-refractivity contribution >= 4 is 29.7 Å². The fraction of sp³-hybridized carbons (Fsp3) is 0.654. The van der Waals surface area contributed by atoms with E-state index in [1.807, 2.05) is 13.8 Å². The molecule has 0 aromatic rings. The third-order valence-corrected chi connectivity index (χ3v) is 6.13. The van der Waals surface area contributed by atoms with Crippen molar-refractivity contribution in [2.24, 2.45) is 5.73 Å². The average molecular weight is 511 g/mol. The maximum atomic E-state index is 12.7. The number of carbonyl (C=O) groups is 3. The number of aliphatic carboxylic acids is 1. The summed E-state index contributed by atoms with van der Waals surface area (Å²) < 4.78 is 0. The Hall–Kier alpha value is -2.26. The molecule has 0 aromatic heterocycles. The number of urea groups is 1. The number of carboxylic acid groups (broad SMARTS) is 1. The zero-order chi connectivity index (χ0) is 26.8. The van der Waals surface area contributed by atoms with Gasteiger partial charge in [-0.2, -0.15) is 11.8 Å². The van der Waals surface area contributed by atoms with Crippen LogP contribution < -0.4 is 21.7 Å². The molecule has 0 fully saturated rings. The zero-order valence-electron chi connectivity index (χ0n) is 22.3. The number of nitrogens with one attached hydrogen (secondary N) is 3. The van der Waals surface area contributed by atoms with Crippen LogP contribution in [0, 0.1) is 0 Å². The number of rotatable bonds is 18. The summed E-state index contributed by atoms with van der Waals surface area (Å²) in [5.74, 6) is -0.525. The first kappa shape index (κ1) is 32.7. The Bertz CT molecular complexity index is 758. The summed E-state index contributed by atoms with van der Waals surface area (Å²) in [5, 5.41) is 17.7. The van der Waals surface area contributed by atoms with Gasteiger partial charge in [0.15, 0.2) is 0 Å². The van der Waals surface area contributed by atoms with Crippen molar-refractivity contribution in [1.29, 1.82) is 0 Å². The second-order valence-electron chi connectivity index (χ2n) is 9.35. The van der Waals surface area contributed by atoms with E-state index in [2.05, 4.69) is 61.9 Å². The summed E-state index contributed by atoms with van der Waals surface area (Å²) in [7, 11) is 0. The van der Waals surface area contributed by atoms with Crippen molar-refractivity contribution in [2.75, 3.05) is 18.1 Å². The Labute approximate surface area is 215 Å². The standard InChI is InChI=1S/C26H46N4O4S/c1-18(2)9-7-10-20(5)11-8-12-21(6)14-16-35-17-23(25(32)33)30-24(31)22(29-19(3)4)13-15-28-26(27)34/h9,11,14,19,22-23,29H,7-8,10,12-13,15-17H2,1-6H3,(H,30,31)(H,32,33)(H3,27,28,34)/b20-11+,21-14+/t22?,23-/m0/s1. The first-order chi connectivity index (χ1) is 16.4. The number of allylic oxidation sites excluding steroid dienone is 5. The SMILES string of the molecule is CC(C)=CCC/C(C)=C/CC/C(C)=C/CSC[C@H](NC(=O)C(CCNC(N)=O)NC(C)C)C(=O)O. The molecular formula is C26H46N4O4S. The molecule has 0 aromatic carbocycles. The van der Waals surface area contributed by atoms with Gasteiger partial charge in [0.05, 0.1) is 6.04 Å². The molecule has 0 saturated carbocycles. The molecule has 0 bridgehead atoms. The molecular weight excluding hydrogens is 464 g/mol. The van der Waals surface area contributed by atoms with Gasteiger partial charge in [-0.3, -0.25) is 4.79 Å². The van der Waals surface area contributed by atoms with Crippen molar-refractivity contribution in [2.45, 2.75) is 91.8 Å². The first-order valence-electron chi connectivity index (χ1n) is 12.3. The van der Waals surface area contributed by atoms with Crippen molar-refractivity contribution in [3.63, 3.8) is 0 Å². The van der Waals surface area contributed by atoms with Crippen LogP contribution in [-0.2, 0) is 9.59 Å². The van der Waals surface area contributed by atoms with Crippen LogP contribution in [0.15, 0.2) is 34.9 Å². The molecule has 8 nitrogen and oxygen atoms in total. The smallest absolute Gasteiger partial charge is 0.327 e. The predicted octanol–water partition coefficient (Wildman–Crippen LogP) is 4.13. The molecule has 0 saturated heterocycles. The van der Waals surface area contributed by atoms with Crippen LogP contribution in [0.25, 0.3) is 0 Å². The molecule has 0 aliphatic carbocycles. The fourth-order valence-corrected chi connectivity index (χ4v) is 4.21. The molecule has 0 heterocycles. The molecule has 6 N–H and O–H groups in total. The summed E-state index contributed by atoms with van der Waals surface area (Å²) in [5.41, 5.74) is 9.09. The van der Waals surface area contributed by atoms with Crippen LogP contribution >= 0.6 is 11.8 Å². The maximum Gasteiger partial charge on any atom is 0.327 e. The van der Waals surface area contributed by atoms with E-state index in [1.54, 1.807) is 0 Å². The van der Waals surface area contributed by atoms with E-state index < -0.39 is 30.0 Å². The van der Waals surface area contributed by atoms with Gasteiger partial charge in [0, 0.05) is 24.1 Å². The number of hydrogen-bond acceptors (Lipinski definition) is 5. The van der Waals surface area contributed by atoms with Gasteiger partial charge in [0.25, 0.3) is 0 Å². The molecule has 0 aliphatic heterocycles. The van der Waals surface area contributed by atoms with Gasteiger partial charge in [0.2, 0.25) is 5.91 Å². The van der Waals surface area contributed by atoms with Crippen molar-refractivity contribution in [3.05, 3.63) is 34.9 Å². The van der Waals surface area contributed by atoms with Gasteiger partial charge in [-0.25, -0.2) is 9.59 Å². The lowest BCUT2D eigenvalue weighted by molar-refractivity contribution is -0.141. The second-order valence-corrected chi connectivity index (χ2v) is 10.4. The lowest BCUT2D eigenvalue weighted by Crippen LogP contribution is -2.53. The van der Waals surface area contributed by atoms with Gasteiger partial charge in [-0.05, 0) is 59.8 Å². The van der Waals surface area contributed by atoms with E-state index in [-0.39, 0.29) is 18.3 Å². The lowest BCUT2D eigenvalue weighted by atomic mass is 10.1. The Balaban J connectivity index is 4.59. The van der Waals surface area contributed by atoms with Gasteiger partial charge in [0.1, 0.15) is 6.04 Å². The lowest BCUT2D eigenvalue weighted by Gasteiger charge is -2.23. The molecule has 3 amide bonds. The van der Waals surface area contributed by atoms with Gasteiger partial charge in [-0.15, -0.1) is 0 Å². The van der Waals surface area contributed by atoms with Crippen molar-refractivity contribution in [3.8, 4) is 0 Å². The number of thioether (sulfide) groups is 1.